The molecule has 0 unspecified atom stereocenters. The van der Waals surface area contributed by atoms with E-state index >= 15 is 0 Å². The van der Waals surface area contributed by atoms with E-state index in [-0.39, 0.29) is 23.6 Å². The number of rotatable bonds is 7. The number of fused-ring (bicyclic) bond motifs is 1. The zero-order valence-electron chi connectivity index (χ0n) is 16.7. The molecule has 9 heteroatoms. The zero-order valence-corrected chi connectivity index (χ0v) is 16.7. The number of nitrogens with zero attached hydrogens (tertiary/aromatic N) is 2. The number of halogens is 3. The van der Waals surface area contributed by atoms with E-state index in [4.69, 9.17) is 9.47 Å². The molecule has 0 aliphatic rings. The maximum atomic E-state index is 12.7. The molecule has 6 nitrogen and oxygen atoms in total. The van der Waals surface area contributed by atoms with E-state index in [1.165, 1.54) is 18.2 Å². The molecule has 4 aromatic rings. The van der Waals surface area contributed by atoms with Gasteiger partial charge in [0.1, 0.15) is 23.8 Å². The third-order valence-electron chi connectivity index (χ3n) is 4.42. The quantitative estimate of drug-likeness (QED) is 0.433. The topological polar surface area (TPSA) is 64.9 Å². The predicted octanol–water partition coefficient (Wildman–Crippen LogP) is 5.11. The van der Waals surface area contributed by atoms with Crippen LogP contribution in [0.25, 0.3) is 5.65 Å². The maximum Gasteiger partial charge on any atom is 0.422 e. The van der Waals surface area contributed by atoms with E-state index in [0.717, 1.165) is 11.3 Å². The number of carbonyl (C=O) groups excluding carboxylic acids is 1. The summed E-state index contributed by atoms with van der Waals surface area (Å²) in [5.41, 5.74) is 1.94. The van der Waals surface area contributed by atoms with Gasteiger partial charge in [0.2, 0.25) is 0 Å². The van der Waals surface area contributed by atoms with Crippen LogP contribution in [0.15, 0.2) is 79.1 Å². The molecule has 0 fully saturated rings. The molecule has 0 spiro atoms. The molecule has 1 amide bonds. The van der Waals surface area contributed by atoms with Gasteiger partial charge in [-0.25, -0.2) is 4.98 Å². The lowest BCUT2D eigenvalue weighted by Gasteiger charge is -2.14. The Hall–Kier alpha value is -4.01. The first kappa shape index (κ1) is 21.2. The molecule has 32 heavy (non-hydrogen) atoms. The van der Waals surface area contributed by atoms with Crippen LogP contribution in [0.3, 0.4) is 0 Å². The van der Waals surface area contributed by atoms with Gasteiger partial charge in [-0.2, -0.15) is 13.2 Å². The molecule has 4 rings (SSSR count). The van der Waals surface area contributed by atoms with Gasteiger partial charge in [0.15, 0.2) is 6.61 Å². The van der Waals surface area contributed by atoms with E-state index < -0.39 is 18.7 Å². The maximum absolute atomic E-state index is 12.7. The van der Waals surface area contributed by atoms with Crippen molar-refractivity contribution in [3.63, 3.8) is 0 Å². The second kappa shape index (κ2) is 9.01. The largest absolute Gasteiger partial charge is 0.487 e. The first-order valence-electron chi connectivity index (χ1n) is 9.63. The number of ether oxygens (including phenoxy) is 2. The van der Waals surface area contributed by atoms with E-state index in [9.17, 15) is 18.0 Å². The van der Waals surface area contributed by atoms with Crippen LogP contribution in [0.2, 0.25) is 0 Å². The Kier molecular flexibility index (Phi) is 5.98. The molecular formula is C23H18F3N3O3. The van der Waals surface area contributed by atoms with Gasteiger partial charge < -0.3 is 19.2 Å². The van der Waals surface area contributed by atoms with Crippen molar-refractivity contribution in [2.75, 3.05) is 11.9 Å². The Balaban J connectivity index is 1.42. The standard InChI is InChI=1S/C23H18F3N3O3/c24-23(25,26)15-32-20-9-2-1-8-19(20)28-22(30)16-6-5-7-18(12-16)31-14-17-13-29-11-4-3-10-21(29)27-17/h1-13H,14-15H2,(H,28,30). The lowest BCUT2D eigenvalue weighted by molar-refractivity contribution is -0.153. The Morgan fingerprint density at radius 2 is 1.81 bits per heavy atom. The summed E-state index contributed by atoms with van der Waals surface area (Å²) in [7, 11) is 0. The number of alkyl halides is 3. The number of para-hydroxylation sites is 2. The van der Waals surface area contributed by atoms with Gasteiger partial charge in [0, 0.05) is 18.0 Å². The summed E-state index contributed by atoms with van der Waals surface area (Å²) in [4.78, 5) is 17.1. The lowest BCUT2D eigenvalue weighted by atomic mass is 10.2. The molecule has 164 valence electrons. The van der Waals surface area contributed by atoms with Crippen molar-refractivity contribution in [2.45, 2.75) is 12.8 Å². The summed E-state index contributed by atoms with van der Waals surface area (Å²) in [6.45, 7) is -1.24. The number of amides is 1. The number of imidazole rings is 1. The van der Waals surface area contributed by atoms with Crippen molar-refractivity contribution >= 4 is 17.2 Å². The Morgan fingerprint density at radius 1 is 1.00 bits per heavy atom. The minimum absolute atomic E-state index is 0.0718. The fourth-order valence-corrected chi connectivity index (χ4v) is 2.99. The van der Waals surface area contributed by atoms with Gasteiger partial charge in [0.25, 0.3) is 5.91 Å². The number of nitrogens with one attached hydrogen (secondary N) is 1. The highest BCUT2D eigenvalue weighted by Crippen LogP contribution is 2.27. The highest BCUT2D eigenvalue weighted by atomic mass is 19.4. The van der Waals surface area contributed by atoms with Crippen molar-refractivity contribution in [1.82, 2.24) is 9.38 Å². The van der Waals surface area contributed by atoms with Gasteiger partial charge in [-0.3, -0.25) is 4.79 Å². The summed E-state index contributed by atoms with van der Waals surface area (Å²) in [6, 6.07) is 18.1. The lowest BCUT2D eigenvalue weighted by Crippen LogP contribution is -2.20. The fraction of sp³-hybridized carbons (Fsp3) is 0.130. The van der Waals surface area contributed by atoms with Crippen molar-refractivity contribution in [3.8, 4) is 11.5 Å². The zero-order chi connectivity index (χ0) is 22.6. The van der Waals surface area contributed by atoms with Crippen molar-refractivity contribution in [2.24, 2.45) is 0 Å². The fourth-order valence-electron chi connectivity index (χ4n) is 2.99. The van der Waals surface area contributed by atoms with Crippen LogP contribution in [0, 0.1) is 0 Å². The van der Waals surface area contributed by atoms with Gasteiger partial charge in [-0.15, -0.1) is 0 Å². The summed E-state index contributed by atoms with van der Waals surface area (Å²) in [6.07, 6.45) is -0.749. The molecule has 0 saturated heterocycles. The average Bonchev–Trinajstić information content (AvgIpc) is 3.20. The molecular weight excluding hydrogens is 423 g/mol. The van der Waals surface area contributed by atoms with Gasteiger partial charge >= 0.3 is 6.18 Å². The van der Waals surface area contributed by atoms with Crippen LogP contribution < -0.4 is 14.8 Å². The summed E-state index contributed by atoms with van der Waals surface area (Å²) >= 11 is 0. The van der Waals surface area contributed by atoms with E-state index in [1.54, 1.807) is 30.3 Å². The minimum Gasteiger partial charge on any atom is -0.487 e. The van der Waals surface area contributed by atoms with Crippen LogP contribution in [-0.2, 0) is 6.61 Å². The highest BCUT2D eigenvalue weighted by Gasteiger charge is 2.29. The Morgan fingerprint density at radius 3 is 2.62 bits per heavy atom. The van der Waals surface area contributed by atoms with Gasteiger partial charge in [0.05, 0.1) is 11.4 Å². The molecule has 0 aliphatic carbocycles. The van der Waals surface area contributed by atoms with Gasteiger partial charge in [-0.05, 0) is 42.5 Å². The van der Waals surface area contributed by atoms with E-state index in [2.05, 4.69) is 10.3 Å². The molecule has 0 radical (unpaired) electrons. The number of anilines is 1. The molecule has 0 aliphatic heterocycles. The number of hydrogen-bond donors (Lipinski definition) is 1. The van der Waals surface area contributed by atoms with Crippen molar-refractivity contribution < 1.29 is 27.4 Å². The highest BCUT2D eigenvalue weighted by molar-refractivity contribution is 6.05. The first-order chi connectivity index (χ1) is 15.4. The monoisotopic (exact) mass is 441 g/mol. The van der Waals surface area contributed by atoms with Crippen LogP contribution in [-0.4, -0.2) is 28.1 Å². The van der Waals surface area contributed by atoms with Gasteiger partial charge in [-0.1, -0.05) is 24.3 Å². The van der Waals surface area contributed by atoms with Crippen LogP contribution in [0.1, 0.15) is 16.1 Å². The molecule has 1 N–H and O–H groups in total. The minimum atomic E-state index is -4.48. The predicted molar refractivity (Wildman–Crippen MR) is 112 cm³/mol. The first-order valence-corrected chi connectivity index (χ1v) is 9.63. The SMILES string of the molecule is O=C(Nc1ccccc1OCC(F)(F)F)c1cccc(OCc2cn3ccccc3n2)c1. The van der Waals surface area contributed by atoms with Crippen LogP contribution in [0.4, 0.5) is 18.9 Å². The summed E-state index contributed by atoms with van der Waals surface area (Å²) in [5, 5.41) is 2.58. The number of hydrogen-bond acceptors (Lipinski definition) is 4. The second-order valence-electron chi connectivity index (χ2n) is 6.87. The number of pyridine rings is 1. The van der Waals surface area contributed by atoms with Crippen LogP contribution >= 0.6 is 0 Å². The normalized spacial score (nSPS) is 11.3. The number of aromatic nitrogens is 2. The molecule has 0 bridgehead atoms. The third-order valence-corrected chi connectivity index (χ3v) is 4.42. The summed E-state index contributed by atoms with van der Waals surface area (Å²) in [5.74, 6) is -0.125. The summed E-state index contributed by atoms with van der Waals surface area (Å²) < 4.78 is 49.8. The Bertz CT molecular complexity index is 1200. The number of benzene rings is 2. The molecule has 0 saturated carbocycles. The van der Waals surface area contributed by atoms with Crippen molar-refractivity contribution in [3.05, 3.63) is 90.4 Å². The molecule has 0 atom stereocenters. The second-order valence-corrected chi connectivity index (χ2v) is 6.87. The molecule has 2 heterocycles. The number of carbonyl (C=O) groups is 1. The Labute approximate surface area is 181 Å². The third kappa shape index (κ3) is 5.37. The molecule has 2 aromatic heterocycles. The van der Waals surface area contributed by atoms with E-state index in [0.29, 0.717) is 5.75 Å². The molecule has 2 aromatic carbocycles. The van der Waals surface area contributed by atoms with E-state index in [1.807, 2.05) is 35.0 Å². The van der Waals surface area contributed by atoms with Crippen LogP contribution in [0.5, 0.6) is 11.5 Å². The smallest absolute Gasteiger partial charge is 0.422 e. The van der Waals surface area contributed by atoms with Crippen molar-refractivity contribution in [1.29, 1.82) is 0 Å². The average molecular weight is 441 g/mol.